The van der Waals surface area contributed by atoms with Crippen LogP contribution in [0.2, 0.25) is 0 Å². The molecule has 110 valence electrons. The van der Waals surface area contributed by atoms with Crippen LogP contribution >= 0.6 is 11.3 Å². The highest BCUT2D eigenvalue weighted by Crippen LogP contribution is 2.20. The highest BCUT2D eigenvalue weighted by Gasteiger charge is 2.12. The van der Waals surface area contributed by atoms with Gasteiger partial charge in [-0.1, -0.05) is 12.1 Å². The standard InChI is InChI=1S/C16H11NO4S/c18-15(14-7-3-9-22-14)17-11-4-1-5-12(10-11)21-16(19)13-6-2-8-20-13/h1-10H,(H,17,18). The first-order valence-corrected chi connectivity index (χ1v) is 7.31. The Morgan fingerprint density at radius 3 is 2.73 bits per heavy atom. The van der Waals surface area contributed by atoms with Gasteiger partial charge in [-0.15, -0.1) is 11.3 Å². The maximum absolute atomic E-state index is 12.0. The molecule has 0 unspecified atom stereocenters. The third-order valence-electron chi connectivity index (χ3n) is 2.77. The Hall–Kier alpha value is -2.86. The number of carbonyl (C=O) groups is 2. The van der Waals surface area contributed by atoms with Crippen molar-refractivity contribution in [3.63, 3.8) is 0 Å². The molecule has 0 aliphatic rings. The van der Waals surface area contributed by atoms with Crippen molar-refractivity contribution in [2.75, 3.05) is 5.32 Å². The topological polar surface area (TPSA) is 68.5 Å². The van der Waals surface area contributed by atoms with Crippen molar-refractivity contribution in [2.45, 2.75) is 0 Å². The van der Waals surface area contributed by atoms with Crippen molar-refractivity contribution >= 4 is 28.9 Å². The Bertz CT molecular complexity index is 715. The number of thiophene rings is 1. The number of hydrogen-bond acceptors (Lipinski definition) is 5. The van der Waals surface area contributed by atoms with Gasteiger partial charge in [-0.2, -0.15) is 0 Å². The molecule has 0 fully saturated rings. The minimum absolute atomic E-state index is 0.119. The first kappa shape index (κ1) is 14.1. The number of rotatable bonds is 4. The fourth-order valence-electron chi connectivity index (χ4n) is 1.79. The van der Waals surface area contributed by atoms with E-state index < -0.39 is 5.97 Å². The minimum Gasteiger partial charge on any atom is -0.457 e. The molecule has 0 saturated heterocycles. The highest BCUT2D eigenvalue weighted by atomic mass is 32.1. The SMILES string of the molecule is O=C(Oc1cccc(NC(=O)c2cccs2)c1)c1ccco1. The monoisotopic (exact) mass is 313 g/mol. The van der Waals surface area contributed by atoms with Crippen LogP contribution in [0.25, 0.3) is 0 Å². The Kier molecular flexibility index (Phi) is 4.02. The maximum atomic E-state index is 12.0. The number of anilines is 1. The summed E-state index contributed by atoms with van der Waals surface area (Å²) in [4.78, 5) is 24.4. The molecule has 0 atom stereocenters. The summed E-state index contributed by atoms with van der Waals surface area (Å²) in [6.07, 6.45) is 1.40. The molecule has 0 bridgehead atoms. The number of amides is 1. The van der Waals surface area contributed by atoms with Gasteiger partial charge >= 0.3 is 5.97 Å². The molecule has 2 aromatic heterocycles. The van der Waals surface area contributed by atoms with E-state index in [2.05, 4.69) is 5.32 Å². The zero-order valence-electron chi connectivity index (χ0n) is 11.3. The van der Waals surface area contributed by atoms with E-state index in [-0.39, 0.29) is 11.7 Å². The van der Waals surface area contributed by atoms with E-state index in [1.807, 2.05) is 5.38 Å². The lowest BCUT2D eigenvalue weighted by Gasteiger charge is -2.06. The van der Waals surface area contributed by atoms with Crippen molar-refractivity contribution in [2.24, 2.45) is 0 Å². The summed E-state index contributed by atoms with van der Waals surface area (Å²) in [5, 5.41) is 4.58. The predicted octanol–water partition coefficient (Wildman–Crippen LogP) is 3.81. The summed E-state index contributed by atoms with van der Waals surface area (Å²) in [5.74, 6) is -0.352. The van der Waals surface area contributed by atoms with Crippen LogP contribution in [0.15, 0.2) is 64.6 Å². The molecule has 22 heavy (non-hydrogen) atoms. The fourth-order valence-corrected chi connectivity index (χ4v) is 2.41. The highest BCUT2D eigenvalue weighted by molar-refractivity contribution is 7.12. The Morgan fingerprint density at radius 1 is 1.09 bits per heavy atom. The van der Waals surface area contributed by atoms with E-state index in [1.165, 1.54) is 23.7 Å². The van der Waals surface area contributed by atoms with Gasteiger partial charge in [0.15, 0.2) is 0 Å². The minimum atomic E-state index is -0.591. The van der Waals surface area contributed by atoms with Gasteiger partial charge in [0.1, 0.15) is 5.75 Å². The molecule has 0 saturated carbocycles. The number of carbonyl (C=O) groups excluding carboxylic acids is 2. The van der Waals surface area contributed by atoms with Crippen molar-refractivity contribution in [1.82, 2.24) is 0 Å². The lowest BCUT2D eigenvalue weighted by atomic mass is 10.3. The lowest BCUT2D eigenvalue weighted by Crippen LogP contribution is -2.11. The molecule has 3 aromatic rings. The number of hydrogen-bond donors (Lipinski definition) is 1. The molecule has 0 spiro atoms. The molecule has 0 aliphatic heterocycles. The smallest absolute Gasteiger partial charge is 0.379 e. The quantitative estimate of drug-likeness (QED) is 0.587. The zero-order chi connectivity index (χ0) is 15.4. The second kappa shape index (κ2) is 6.28. The maximum Gasteiger partial charge on any atom is 0.379 e. The summed E-state index contributed by atoms with van der Waals surface area (Å²) in [5.41, 5.74) is 0.545. The average Bonchev–Trinajstić information content (AvgIpc) is 3.21. The van der Waals surface area contributed by atoms with Gasteiger partial charge in [0.2, 0.25) is 5.76 Å². The van der Waals surface area contributed by atoms with Gasteiger partial charge < -0.3 is 14.5 Å². The summed E-state index contributed by atoms with van der Waals surface area (Å²) in [6, 6.07) is 13.3. The van der Waals surface area contributed by atoms with Crippen LogP contribution in [0.4, 0.5) is 5.69 Å². The van der Waals surface area contributed by atoms with Crippen LogP contribution in [0, 0.1) is 0 Å². The second-order valence-electron chi connectivity index (χ2n) is 4.33. The lowest BCUT2D eigenvalue weighted by molar-refractivity contribution is 0.0701. The number of nitrogens with one attached hydrogen (secondary N) is 1. The van der Waals surface area contributed by atoms with Crippen LogP contribution < -0.4 is 10.1 Å². The third-order valence-corrected chi connectivity index (χ3v) is 3.64. The third kappa shape index (κ3) is 3.24. The van der Waals surface area contributed by atoms with E-state index in [0.717, 1.165) is 0 Å². The molecule has 1 aromatic carbocycles. The average molecular weight is 313 g/mol. The summed E-state index contributed by atoms with van der Waals surface area (Å²) < 4.78 is 10.2. The molecule has 2 heterocycles. The van der Waals surface area contributed by atoms with Crippen molar-refractivity contribution in [3.05, 3.63) is 70.8 Å². The molecule has 0 radical (unpaired) electrons. The predicted molar refractivity (Wildman–Crippen MR) is 82.4 cm³/mol. The van der Waals surface area contributed by atoms with Gasteiger partial charge in [0.25, 0.3) is 5.91 Å². The number of benzene rings is 1. The Morgan fingerprint density at radius 2 is 2.00 bits per heavy atom. The molecule has 5 nitrogen and oxygen atoms in total. The van der Waals surface area contributed by atoms with E-state index in [9.17, 15) is 9.59 Å². The van der Waals surface area contributed by atoms with Crippen LogP contribution in [0.3, 0.4) is 0 Å². The summed E-state index contributed by atoms with van der Waals surface area (Å²) in [7, 11) is 0. The van der Waals surface area contributed by atoms with E-state index in [4.69, 9.17) is 9.15 Å². The van der Waals surface area contributed by atoms with Crippen LogP contribution in [-0.2, 0) is 0 Å². The number of furan rings is 1. The molecular weight excluding hydrogens is 302 g/mol. The normalized spacial score (nSPS) is 10.2. The molecule has 1 N–H and O–H groups in total. The molecule has 6 heteroatoms. The first-order valence-electron chi connectivity index (χ1n) is 6.43. The second-order valence-corrected chi connectivity index (χ2v) is 5.27. The number of ether oxygens (including phenoxy) is 1. The summed E-state index contributed by atoms with van der Waals surface area (Å²) >= 11 is 1.35. The Labute approximate surface area is 130 Å². The van der Waals surface area contributed by atoms with Crippen molar-refractivity contribution < 1.29 is 18.7 Å². The first-order chi connectivity index (χ1) is 10.7. The largest absolute Gasteiger partial charge is 0.457 e. The fraction of sp³-hybridized carbons (Fsp3) is 0. The van der Waals surface area contributed by atoms with Crippen LogP contribution in [-0.4, -0.2) is 11.9 Å². The van der Waals surface area contributed by atoms with Crippen LogP contribution in [0.1, 0.15) is 20.2 Å². The molecule has 0 aliphatic carbocycles. The van der Waals surface area contributed by atoms with Crippen LogP contribution in [0.5, 0.6) is 5.75 Å². The van der Waals surface area contributed by atoms with E-state index in [1.54, 1.807) is 42.5 Å². The Balaban J connectivity index is 1.70. The van der Waals surface area contributed by atoms with Crippen molar-refractivity contribution in [1.29, 1.82) is 0 Å². The van der Waals surface area contributed by atoms with E-state index >= 15 is 0 Å². The summed E-state index contributed by atoms with van der Waals surface area (Å²) in [6.45, 7) is 0. The van der Waals surface area contributed by atoms with Gasteiger partial charge in [0.05, 0.1) is 11.1 Å². The molecular formula is C16H11NO4S. The van der Waals surface area contributed by atoms with Gasteiger partial charge in [-0.05, 0) is 35.7 Å². The van der Waals surface area contributed by atoms with Gasteiger partial charge in [-0.3, -0.25) is 4.79 Å². The van der Waals surface area contributed by atoms with Crippen molar-refractivity contribution in [3.8, 4) is 5.75 Å². The van der Waals surface area contributed by atoms with Gasteiger partial charge in [0, 0.05) is 11.8 Å². The van der Waals surface area contributed by atoms with Gasteiger partial charge in [-0.25, -0.2) is 4.79 Å². The molecule has 1 amide bonds. The number of esters is 1. The zero-order valence-corrected chi connectivity index (χ0v) is 12.1. The van der Waals surface area contributed by atoms with E-state index in [0.29, 0.717) is 16.3 Å². The molecule has 3 rings (SSSR count).